The number of rotatable bonds is 7. The molecular weight excluding hydrogens is 348 g/mol. The zero-order valence-electron chi connectivity index (χ0n) is 17.6. The van der Waals surface area contributed by atoms with Gasteiger partial charge in [0.25, 0.3) is 0 Å². The van der Waals surface area contributed by atoms with Gasteiger partial charge in [0.2, 0.25) is 0 Å². The zero-order chi connectivity index (χ0) is 19.9. The summed E-state index contributed by atoms with van der Waals surface area (Å²) in [6, 6.07) is 10.7. The number of hydrogen-bond acceptors (Lipinski definition) is 3. The number of nitrogens with zero attached hydrogens (tertiary/aromatic N) is 4. The molecule has 0 amide bonds. The average molecular weight is 383 g/mol. The number of aryl methyl sites for hydroxylation is 1. The van der Waals surface area contributed by atoms with Gasteiger partial charge >= 0.3 is 0 Å². The average Bonchev–Trinajstić information content (AvgIpc) is 3.33. The zero-order valence-corrected chi connectivity index (χ0v) is 17.6. The van der Waals surface area contributed by atoms with Gasteiger partial charge in [0.05, 0.1) is 12.7 Å². The summed E-state index contributed by atoms with van der Waals surface area (Å²) >= 11 is 0. The lowest BCUT2D eigenvalue weighted by molar-refractivity contribution is 0.477. The van der Waals surface area contributed by atoms with Crippen molar-refractivity contribution in [3.05, 3.63) is 48.3 Å². The number of guanidine groups is 1. The van der Waals surface area contributed by atoms with Crippen molar-refractivity contribution in [3.8, 4) is 0 Å². The number of para-hydroxylation sites is 1. The second kappa shape index (κ2) is 9.62. The summed E-state index contributed by atoms with van der Waals surface area (Å²) in [4.78, 5) is 7.38. The van der Waals surface area contributed by atoms with Gasteiger partial charge in [-0.3, -0.25) is 9.67 Å². The summed E-state index contributed by atoms with van der Waals surface area (Å²) in [5, 5.41) is 11.5. The van der Waals surface area contributed by atoms with Crippen LogP contribution in [0.25, 0.3) is 0 Å². The van der Waals surface area contributed by atoms with Crippen LogP contribution >= 0.6 is 0 Å². The molecule has 2 aromatic rings. The van der Waals surface area contributed by atoms with E-state index in [1.54, 1.807) is 0 Å². The van der Waals surface area contributed by atoms with Crippen molar-refractivity contribution < 1.29 is 0 Å². The molecule has 0 bridgehead atoms. The molecule has 0 aliphatic carbocycles. The Bertz CT molecular complexity index is 751. The highest BCUT2D eigenvalue weighted by molar-refractivity contribution is 5.80. The summed E-state index contributed by atoms with van der Waals surface area (Å²) < 4.78 is 1.89. The van der Waals surface area contributed by atoms with Crippen LogP contribution in [0.4, 0.5) is 5.69 Å². The van der Waals surface area contributed by atoms with Crippen molar-refractivity contribution >= 4 is 11.6 Å². The molecule has 0 radical (unpaired) electrons. The Morgan fingerprint density at radius 2 is 2.07 bits per heavy atom. The number of aromatic nitrogens is 2. The van der Waals surface area contributed by atoms with Crippen LogP contribution in [-0.2, 0) is 7.05 Å². The van der Waals surface area contributed by atoms with Crippen molar-refractivity contribution in [2.75, 3.05) is 31.5 Å². The van der Waals surface area contributed by atoms with E-state index < -0.39 is 0 Å². The molecule has 0 spiro atoms. The summed E-state index contributed by atoms with van der Waals surface area (Å²) in [6.07, 6.45) is 5.28. The van der Waals surface area contributed by atoms with Crippen LogP contribution in [0.1, 0.15) is 38.7 Å². The van der Waals surface area contributed by atoms with E-state index in [0.29, 0.717) is 17.9 Å². The largest absolute Gasteiger partial charge is 0.380 e. The molecule has 3 rings (SSSR count). The van der Waals surface area contributed by atoms with E-state index in [1.807, 2.05) is 24.0 Å². The first kappa shape index (κ1) is 20.2. The molecule has 1 aliphatic heterocycles. The first-order valence-electron chi connectivity index (χ1n) is 10.4. The van der Waals surface area contributed by atoms with E-state index in [4.69, 9.17) is 4.99 Å². The molecule has 1 aromatic heterocycles. The fourth-order valence-corrected chi connectivity index (χ4v) is 3.66. The molecule has 1 saturated heterocycles. The highest BCUT2D eigenvalue weighted by Crippen LogP contribution is 2.26. The van der Waals surface area contributed by atoms with Crippen molar-refractivity contribution in [2.45, 2.75) is 39.2 Å². The Kier molecular flexibility index (Phi) is 6.95. The number of aliphatic imine (C=N–C) groups is 1. The van der Waals surface area contributed by atoms with Gasteiger partial charge in [0.15, 0.2) is 5.96 Å². The number of likely N-dealkylation sites (tertiary alicyclic amines) is 1. The van der Waals surface area contributed by atoms with Gasteiger partial charge in [0, 0.05) is 50.5 Å². The first-order valence-corrected chi connectivity index (χ1v) is 10.4. The lowest BCUT2D eigenvalue weighted by Gasteiger charge is -2.25. The Balaban J connectivity index is 1.65. The molecule has 2 N–H and O–H groups in total. The maximum absolute atomic E-state index is 4.99. The maximum atomic E-state index is 4.99. The maximum Gasteiger partial charge on any atom is 0.194 e. The molecule has 2 atom stereocenters. The van der Waals surface area contributed by atoms with Gasteiger partial charge in [-0.1, -0.05) is 32.0 Å². The number of nitrogens with one attached hydrogen (secondary N) is 2. The molecule has 6 nitrogen and oxygen atoms in total. The summed E-state index contributed by atoms with van der Waals surface area (Å²) in [7, 11) is 1.98. The molecule has 0 saturated carbocycles. The van der Waals surface area contributed by atoms with Gasteiger partial charge < -0.3 is 15.5 Å². The van der Waals surface area contributed by atoms with Crippen molar-refractivity contribution in [1.82, 2.24) is 20.0 Å². The molecular formula is C22H34N6. The van der Waals surface area contributed by atoms with Crippen LogP contribution in [0, 0.1) is 5.92 Å². The molecule has 6 heteroatoms. The molecule has 152 valence electrons. The Morgan fingerprint density at radius 1 is 1.29 bits per heavy atom. The SMILES string of the molecule is CCNC(=NCC(Nc1ccccc1)C(C)C)N1CCC(c2cnn(C)c2)C1. The van der Waals surface area contributed by atoms with E-state index in [1.165, 1.54) is 5.56 Å². The minimum Gasteiger partial charge on any atom is -0.380 e. The number of anilines is 1. The predicted octanol–water partition coefficient (Wildman–Crippen LogP) is 3.31. The molecule has 1 aliphatic rings. The van der Waals surface area contributed by atoms with Crippen molar-refractivity contribution in [1.29, 1.82) is 0 Å². The molecule has 2 heterocycles. The van der Waals surface area contributed by atoms with Gasteiger partial charge in [-0.25, -0.2) is 0 Å². The van der Waals surface area contributed by atoms with E-state index in [-0.39, 0.29) is 0 Å². The fraction of sp³-hybridized carbons (Fsp3) is 0.545. The van der Waals surface area contributed by atoms with Crippen molar-refractivity contribution in [3.63, 3.8) is 0 Å². The Labute approximate surface area is 169 Å². The summed E-state index contributed by atoms with van der Waals surface area (Å²) in [5.41, 5.74) is 2.48. The van der Waals surface area contributed by atoms with Gasteiger partial charge in [-0.2, -0.15) is 5.10 Å². The van der Waals surface area contributed by atoms with E-state index in [9.17, 15) is 0 Å². The van der Waals surface area contributed by atoms with Crippen LogP contribution in [0.15, 0.2) is 47.7 Å². The minimum atomic E-state index is 0.299. The van der Waals surface area contributed by atoms with E-state index >= 15 is 0 Å². The molecule has 2 unspecified atom stereocenters. The molecule has 1 fully saturated rings. The van der Waals surface area contributed by atoms with Gasteiger partial charge in [-0.15, -0.1) is 0 Å². The topological polar surface area (TPSA) is 57.5 Å². The van der Waals surface area contributed by atoms with Crippen LogP contribution in [-0.4, -0.2) is 52.9 Å². The monoisotopic (exact) mass is 382 g/mol. The van der Waals surface area contributed by atoms with Crippen molar-refractivity contribution in [2.24, 2.45) is 18.0 Å². The third-order valence-corrected chi connectivity index (χ3v) is 5.39. The number of benzene rings is 1. The quantitative estimate of drug-likeness (QED) is 0.570. The van der Waals surface area contributed by atoms with Crippen LogP contribution in [0.3, 0.4) is 0 Å². The Morgan fingerprint density at radius 3 is 2.71 bits per heavy atom. The molecule has 28 heavy (non-hydrogen) atoms. The highest BCUT2D eigenvalue weighted by Gasteiger charge is 2.27. The summed E-state index contributed by atoms with van der Waals surface area (Å²) in [5.74, 6) is 2.05. The van der Waals surface area contributed by atoms with Crippen LogP contribution < -0.4 is 10.6 Å². The normalized spacial score (nSPS) is 18.5. The van der Waals surface area contributed by atoms with Crippen LogP contribution in [0.5, 0.6) is 0 Å². The second-order valence-corrected chi connectivity index (χ2v) is 7.93. The molecule has 1 aromatic carbocycles. The third-order valence-electron chi connectivity index (χ3n) is 5.39. The van der Waals surface area contributed by atoms with Gasteiger partial charge in [-0.05, 0) is 37.0 Å². The standard InChI is InChI=1S/C22H34N6/c1-5-23-22(28-12-11-18(16-28)19-13-25-27(4)15-19)24-14-21(17(2)3)26-20-9-7-6-8-10-20/h6-10,13,15,17-18,21,26H,5,11-12,14,16H2,1-4H3,(H,23,24). The Hall–Kier alpha value is -2.50. The smallest absolute Gasteiger partial charge is 0.194 e. The predicted molar refractivity (Wildman–Crippen MR) is 117 cm³/mol. The van der Waals surface area contributed by atoms with Gasteiger partial charge in [0.1, 0.15) is 0 Å². The fourth-order valence-electron chi connectivity index (χ4n) is 3.66. The van der Waals surface area contributed by atoms with E-state index in [2.05, 4.69) is 71.9 Å². The lowest BCUT2D eigenvalue weighted by atomic mass is 10.0. The van der Waals surface area contributed by atoms with E-state index in [0.717, 1.165) is 44.2 Å². The highest BCUT2D eigenvalue weighted by atomic mass is 15.3. The third kappa shape index (κ3) is 5.27. The van der Waals surface area contributed by atoms with Crippen LogP contribution in [0.2, 0.25) is 0 Å². The summed E-state index contributed by atoms with van der Waals surface area (Å²) in [6.45, 7) is 10.3. The lowest BCUT2D eigenvalue weighted by Crippen LogP contribution is -2.41. The number of hydrogen-bond donors (Lipinski definition) is 2. The second-order valence-electron chi connectivity index (χ2n) is 7.93. The first-order chi connectivity index (χ1) is 13.6. The minimum absolute atomic E-state index is 0.299.